The Morgan fingerprint density at radius 2 is 1.70 bits per heavy atom. The maximum absolute atomic E-state index is 11.7. The summed E-state index contributed by atoms with van der Waals surface area (Å²) in [6.07, 6.45) is 0.143. The minimum Gasteiger partial charge on any atom is -0.426 e. The number of carbonyl (C=O) groups is 1. The molecule has 0 saturated carbocycles. The van der Waals surface area contributed by atoms with Gasteiger partial charge in [-0.1, -0.05) is 28.1 Å². The number of carbonyl (C=O) groups excluding carboxylic acids is 1. The largest absolute Gasteiger partial charge is 0.426 e. The molecule has 2 aromatic rings. The number of benzene rings is 2. The zero-order valence-corrected chi connectivity index (χ0v) is 11.9. The lowest BCUT2D eigenvalue weighted by Crippen LogP contribution is -2.11. The van der Waals surface area contributed by atoms with Crippen LogP contribution in [0.25, 0.3) is 0 Å². The van der Waals surface area contributed by atoms with Crippen LogP contribution >= 0.6 is 15.9 Å². The number of nitrogens with zero attached hydrogens (tertiary/aromatic N) is 1. The molecule has 0 amide bonds. The van der Waals surface area contributed by atoms with Crippen LogP contribution in [0.4, 0.5) is 5.69 Å². The highest BCUT2D eigenvalue weighted by Crippen LogP contribution is 2.18. The van der Waals surface area contributed by atoms with Gasteiger partial charge in [-0.05, 0) is 29.8 Å². The Morgan fingerprint density at radius 1 is 1.10 bits per heavy atom. The number of esters is 1. The fourth-order valence-corrected chi connectivity index (χ4v) is 1.84. The number of nitro groups is 1. The van der Waals surface area contributed by atoms with Gasteiger partial charge in [0.15, 0.2) is 0 Å². The van der Waals surface area contributed by atoms with Crippen molar-refractivity contribution in [2.24, 2.45) is 0 Å². The monoisotopic (exact) mass is 335 g/mol. The SMILES string of the molecule is O=C(Cc1ccc(Br)cc1)Oc1ccc([N+](=O)[O-])cc1. The summed E-state index contributed by atoms with van der Waals surface area (Å²) < 4.78 is 6.05. The quantitative estimate of drug-likeness (QED) is 0.371. The van der Waals surface area contributed by atoms with E-state index in [1.165, 1.54) is 24.3 Å². The molecule has 0 atom stereocenters. The standard InChI is InChI=1S/C14H10BrNO4/c15-11-3-1-10(2-4-11)9-14(17)20-13-7-5-12(6-8-13)16(18)19/h1-8H,9H2. The van der Waals surface area contributed by atoms with Crippen LogP contribution in [0.15, 0.2) is 53.0 Å². The zero-order valence-electron chi connectivity index (χ0n) is 10.3. The van der Waals surface area contributed by atoms with Gasteiger partial charge in [0, 0.05) is 16.6 Å². The molecular weight excluding hydrogens is 326 g/mol. The van der Waals surface area contributed by atoms with E-state index in [0.29, 0.717) is 0 Å². The highest BCUT2D eigenvalue weighted by atomic mass is 79.9. The van der Waals surface area contributed by atoms with Crippen LogP contribution in [0.1, 0.15) is 5.56 Å². The van der Waals surface area contributed by atoms with Crippen molar-refractivity contribution >= 4 is 27.6 Å². The van der Waals surface area contributed by atoms with Crippen molar-refractivity contribution < 1.29 is 14.5 Å². The number of ether oxygens (including phenoxy) is 1. The van der Waals surface area contributed by atoms with Gasteiger partial charge in [-0.15, -0.1) is 0 Å². The molecule has 0 bridgehead atoms. The van der Waals surface area contributed by atoms with E-state index in [1.54, 1.807) is 0 Å². The van der Waals surface area contributed by atoms with Crippen LogP contribution in [0.5, 0.6) is 5.75 Å². The minimum atomic E-state index is -0.507. The van der Waals surface area contributed by atoms with Crippen molar-refractivity contribution in [2.45, 2.75) is 6.42 Å². The molecule has 0 fully saturated rings. The Balaban J connectivity index is 1.97. The lowest BCUT2D eigenvalue weighted by molar-refractivity contribution is -0.384. The van der Waals surface area contributed by atoms with E-state index in [2.05, 4.69) is 15.9 Å². The van der Waals surface area contributed by atoms with Gasteiger partial charge in [0.05, 0.1) is 11.3 Å². The summed E-state index contributed by atoms with van der Waals surface area (Å²) in [5.41, 5.74) is 0.790. The maximum atomic E-state index is 11.7. The second-order valence-corrected chi connectivity index (χ2v) is 4.94. The van der Waals surface area contributed by atoms with Gasteiger partial charge in [0.1, 0.15) is 5.75 Å². The predicted molar refractivity (Wildman–Crippen MR) is 76.6 cm³/mol. The van der Waals surface area contributed by atoms with Crippen molar-refractivity contribution in [3.05, 3.63) is 68.7 Å². The van der Waals surface area contributed by atoms with Crippen molar-refractivity contribution in [3.63, 3.8) is 0 Å². The van der Waals surface area contributed by atoms with Gasteiger partial charge in [-0.3, -0.25) is 14.9 Å². The third-order valence-electron chi connectivity index (χ3n) is 2.54. The van der Waals surface area contributed by atoms with Gasteiger partial charge < -0.3 is 4.74 Å². The van der Waals surface area contributed by atoms with Crippen LogP contribution in [0.2, 0.25) is 0 Å². The van der Waals surface area contributed by atoms with E-state index >= 15 is 0 Å². The first kappa shape index (κ1) is 14.2. The Hall–Kier alpha value is -2.21. The molecule has 5 nitrogen and oxygen atoms in total. The molecule has 0 aliphatic heterocycles. The third kappa shape index (κ3) is 3.89. The summed E-state index contributed by atoms with van der Waals surface area (Å²) in [6, 6.07) is 12.7. The highest BCUT2D eigenvalue weighted by molar-refractivity contribution is 9.10. The summed E-state index contributed by atoms with van der Waals surface area (Å²) in [5, 5.41) is 10.5. The van der Waals surface area contributed by atoms with Crippen LogP contribution in [-0.4, -0.2) is 10.9 Å². The van der Waals surface area contributed by atoms with Gasteiger partial charge in [0.2, 0.25) is 0 Å². The van der Waals surface area contributed by atoms with Crippen LogP contribution in [0, 0.1) is 10.1 Å². The lowest BCUT2D eigenvalue weighted by Gasteiger charge is -2.04. The first-order valence-electron chi connectivity index (χ1n) is 5.74. The summed E-state index contributed by atoms with van der Waals surface area (Å²) in [7, 11) is 0. The maximum Gasteiger partial charge on any atom is 0.315 e. The smallest absolute Gasteiger partial charge is 0.315 e. The van der Waals surface area contributed by atoms with Crippen LogP contribution in [-0.2, 0) is 11.2 Å². The van der Waals surface area contributed by atoms with Gasteiger partial charge in [-0.2, -0.15) is 0 Å². The molecule has 0 unspecified atom stereocenters. The Morgan fingerprint density at radius 3 is 2.25 bits per heavy atom. The van der Waals surface area contributed by atoms with E-state index in [4.69, 9.17) is 4.74 Å². The molecule has 0 saturated heterocycles. The molecule has 2 aromatic carbocycles. The topological polar surface area (TPSA) is 69.4 Å². The van der Waals surface area contributed by atoms with Crippen molar-refractivity contribution in [1.82, 2.24) is 0 Å². The third-order valence-corrected chi connectivity index (χ3v) is 3.07. The Bertz CT molecular complexity index is 623. The predicted octanol–water partition coefficient (Wildman–Crippen LogP) is 3.51. The fraction of sp³-hybridized carbons (Fsp3) is 0.0714. The number of nitro benzene ring substituents is 1. The fourth-order valence-electron chi connectivity index (χ4n) is 1.57. The molecule has 0 radical (unpaired) electrons. The minimum absolute atomic E-state index is 0.0438. The first-order valence-corrected chi connectivity index (χ1v) is 6.53. The molecule has 0 aliphatic carbocycles. The van der Waals surface area contributed by atoms with E-state index in [1.807, 2.05) is 24.3 Å². The van der Waals surface area contributed by atoms with Crippen LogP contribution < -0.4 is 4.74 Å². The lowest BCUT2D eigenvalue weighted by atomic mass is 10.1. The summed E-state index contributed by atoms with van der Waals surface area (Å²) >= 11 is 3.31. The van der Waals surface area contributed by atoms with Crippen LogP contribution in [0.3, 0.4) is 0 Å². The molecule has 6 heteroatoms. The van der Waals surface area contributed by atoms with Crippen molar-refractivity contribution in [1.29, 1.82) is 0 Å². The van der Waals surface area contributed by atoms with Crippen molar-refractivity contribution in [3.8, 4) is 5.75 Å². The van der Waals surface area contributed by atoms with E-state index < -0.39 is 10.9 Å². The summed E-state index contributed by atoms with van der Waals surface area (Å²) in [6.45, 7) is 0. The zero-order chi connectivity index (χ0) is 14.5. The van der Waals surface area contributed by atoms with E-state index in [0.717, 1.165) is 10.0 Å². The summed E-state index contributed by atoms with van der Waals surface area (Å²) in [5.74, 6) is -0.126. The number of hydrogen-bond acceptors (Lipinski definition) is 4. The molecule has 2 rings (SSSR count). The number of halogens is 1. The number of rotatable bonds is 4. The van der Waals surface area contributed by atoms with E-state index in [9.17, 15) is 14.9 Å². The van der Waals surface area contributed by atoms with Crippen molar-refractivity contribution in [2.75, 3.05) is 0 Å². The molecule has 0 aromatic heterocycles. The molecule has 0 aliphatic rings. The molecule has 0 N–H and O–H groups in total. The average molecular weight is 336 g/mol. The number of hydrogen-bond donors (Lipinski definition) is 0. The Kier molecular flexibility index (Phi) is 4.47. The number of non-ortho nitro benzene ring substituents is 1. The average Bonchev–Trinajstić information content (AvgIpc) is 2.42. The second-order valence-electron chi connectivity index (χ2n) is 4.03. The molecule has 102 valence electrons. The molecular formula is C14H10BrNO4. The molecule has 0 spiro atoms. The Labute approximate surface area is 123 Å². The molecule has 0 heterocycles. The summed E-state index contributed by atoms with van der Waals surface area (Å²) in [4.78, 5) is 21.7. The molecule has 20 heavy (non-hydrogen) atoms. The highest BCUT2D eigenvalue weighted by Gasteiger charge is 2.09. The van der Waals surface area contributed by atoms with Gasteiger partial charge in [0.25, 0.3) is 5.69 Å². The van der Waals surface area contributed by atoms with E-state index in [-0.39, 0.29) is 17.9 Å². The normalized spacial score (nSPS) is 10.1. The van der Waals surface area contributed by atoms with Gasteiger partial charge in [-0.25, -0.2) is 0 Å². The second kappa shape index (κ2) is 6.29. The first-order chi connectivity index (χ1) is 9.54. The van der Waals surface area contributed by atoms with Gasteiger partial charge >= 0.3 is 5.97 Å².